The quantitative estimate of drug-likeness (QED) is 0.403. The minimum atomic E-state index is -4.51. The molecule has 0 spiro atoms. The fraction of sp³-hybridized carbons (Fsp3) is 0.276. The van der Waals surface area contributed by atoms with Gasteiger partial charge in [-0.15, -0.1) is 0 Å². The van der Waals surface area contributed by atoms with Crippen molar-refractivity contribution in [3.63, 3.8) is 0 Å². The summed E-state index contributed by atoms with van der Waals surface area (Å²) in [7, 11) is 0. The van der Waals surface area contributed by atoms with Crippen LogP contribution in [0.15, 0.2) is 72.8 Å². The van der Waals surface area contributed by atoms with Gasteiger partial charge in [-0.3, -0.25) is 14.4 Å². The molecule has 1 aliphatic heterocycles. The van der Waals surface area contributed by atoms with E-state index in [1.54, 1.807) is 24.3 Å². The van der Waals surface area contributed by atoms with Crippen LogP contribution in [0.5, 0.6) is 5.75 Å². The average Bonchev–Trinajstić information content (AvgIpc) is 3.32. The van der Waals surface area contributed by atoms with E-state index in [1.165, 1.54) is 22.6 Å². The monoisotopic (exact) mass is 539 g/mol. The van der Waals surface area contributed by atoms with Crippen LogP contribution in [-0.4, -0.2) is 30.9 Å². The third-order valence-electron chi connectivity index (χ3n) is 6.39. The number of nitrogens with zero attached hydrogens (tertiary/aromatic N) is 1. The van der Waals surface area contributed by atoms with E-state index in [0.29, 0.717) is 18.0 Å². The molecule has 0 aromatic heterocycles. The Labute approximate surface area is 224 Å². The van der Waals surface area contributed by atoms with Crippen LogP contribution >= 0.6 is 0 Å². The van der Waals surface area contributed by atoms with Crippen LogP contribution in [0.4, 0.5) is 24.5 Å². The Morgan fingerprint density at radius 3 is 2.36 bits per heavy atom. The molecule has 39 heavy (non-hydrogen) atoms. The zero-order valence-electron chi connectivity index (χ0n) is 21.3. The number of alkyl halides is 3. The highest BCUT2D eigenvalue weighted by Crippen LogP contribution is 2.31. The van der Waals surface area contributed by atoms with Gasteiger partial charge in [-0.25, -0.2) is 0 Å². The Kier molecular flexibility index (Phi) is 8.53. The summed E-state index contributed by atoms with van der Waals surface area (Å²) in [5, 5.41) is 5.28. The molecule has 1 aliphatic rings. The molecule has 204 valence electrons. The van der Waals surface area contributed by atoms with Crippen LogP contribution in [0.2, 0.25) is 0 Å². The van der Waals surface area contributed by atoms with Crippen molar-refractivity contribution >= 4 is 29.1 Å². The smallest absolute Gasteiger partial charge is 0.416 e. The van der Waals surface area contributed by atoms with Gasteiger partial charge in [-0.2, -0.15) is 13.2 Å². The van der Waals surface area contributed by atoms with E-state index in [1.807, 2.05) is 24.3 Å². The van der Waals surface area contributed by atoms with Crippen molar-refractivity contribution in [1.82, 2.24) is 5.32 Å². The molecule has 0 saturated carbocycles. The number of aryl methyl sites for hydroxylation is 1. The summed E-state index contributed by atoms with van der Waals surface area (Å²) in [6.45, 7) is 2.30. The molecule has 1 saturated heterocycles. The number of carbonyl (C=O) groups is 3. The van der Waals surface area contributed by atoms with E-state index in [4.69, 9.17) is 4.74 Å². The van der Waals surface area contributed by atoms with Gasteiger partial charge in [0.05, 0.1) is 11.5 Å². The topological polar surface area (TPSA) is 87.7 Å². The number of carbonyl (C=O) groups excluding carboxylic acids is 3. The van der Waals surface area contributed by atoms with Gasteiger partial charge in [0.1, 0.15) is 5.75 Å². The van der Waals surface area contributed by atoms with Gasteiger partial charge in [-0.05, 0) is 60.0 Å². The van der Waals surface area contributed by atoms with Gasteiger partial charge in [0.2, 0.25) is 11.8 Å². The molecular weight excluding hydrogens is 511 g/mol. The molecule has 0 bridgehead atoms. The zero-order valence-corrected chi connectivity index (χ0v) is 21.3. The van der Waals surface area contributed by atoms with E-state index in [-0.39, 0.29) is 30.5 Å². The van der Waals surface area contributed by atoms with Gasteiger partial charge in [0, 0.05) is 30.9 Å². The Balaban J connectivity index is 1.26. The van der Waals surface area contributed by atoms with Crippen LogP contribution in [0.1, 0.15) is 30.0 Å². The number of amides is 3. The van der Waals surface area contributed by atoms with E-state index in [0.717, 1.165) is 24.1 Å². The maximum Gasteiger partial charge on any atom is 0.416 e. The van der Waals surface area contributed by atoms with Gasteiger partial charge in [0.15, 0.2) is 6.61 Å². The highest BCUT2D eigenvalue weighted by molar-refractivity contribution is 6.00. The molecule has 0 unspecified atom stereocenters. The lowest BCUT2D eigenvalue weighted by Crippen LogP contribution is -2.32. The number of rotatable bonds is 9. The number of nitrogens with one attached hydrogen (secondary N) is 2. The van der Waals surface area contributed by atoms with Gasteiger partial charge >= 0.3 is 6.18 Å². The predicted octanol–water partition coefficient (Wildman–Crippen LogP) is 4.95. The van der Waals surface area contributed by atoms with Crippen molar-refractivity contribution in [2.75, 3.05) is 23.4 Å². The average molecular weight is 540 g/mol. The number of halogens is 3. The Hall–Kier alpha value is -4.34. The molecule has 3 aromatic carbocycles. The number of anilines is 2. The first-order valence-electron chi connectivity index (χ1n) is 12.5. The van der Waals surface area contributed by atoms with Crippen LogP contribution in [0.3, 0.4) is 0 Å². The third kappa shape index (κ3) is 7.37. The lowest BCUT2D eigenvalue weighted by molar-refractivity contribution is -0.137. The lowest BCUT2D eigenvalue weighted by Gasteiger charge is -2.17. The van der Waals surface area contributed by atoms with Crippen LogP contribution in [0.25, 0.3) is 0 Å². The minimum absolute atomic E-state index is 0.00862. The molecule has 4 rings (SSSR count). The van der Waals surface area contributed by atoms with E-state index >= 15 is 0 Å². The summed E-state index contributed by atoms with van der Waals surface area (Å²) in [6.07, 6.45) is -3.46. The fourth-order valence-corrected chi connectivity index (χ4v) is 4.20. The van der Waals surface area contributed by atoms with Crippen molar-refractivity contribution in [2.24, 2.45) is 5.92 Å². The Morgan fingerprint density at radius 2 is 1.69 bits per heavy atom. The molecule has 3 aromatic rings. The normalized spacial score (nSPS) is 15.2. The first kappa shape index (κ1) is 27.7. The summed E-state index contributed by atoms with van der Waals surface area (Å²) >= 11 is 0. The molecule has 1 heterocycles. The second-order valence-electron chi connectivity index (χ2n) is 9.20. The molecule has 7 nitrogen and oxygen atoms in total. The maximum absolute atomic E-state index is 12.8. The van der Waals surface area contributed by atoms with Crippen LogP contribution in [0, 0.1) is 5.92 Å². The molecule has 1 fully saturated rings. The highest BCUT2D eigenvalue weighted by atomic mass is 19.4. The molecular formula is C29H28F3N3O4. The molecule has 0 radical (unpaired) electrons. The van der Waals surface area contributed by atoms with Crippen molar-refractivity contribution in [1.29, 1.82) is 0 Å². The summed E-state index contributed by atoms with van der Waals surface area (Å²) < 4.78 is 44.0. The predicted molar refractivity (Wildman–Crippen MR) is 140 cm³/mol. The molecule has 10 heteroatoms. The van der Waals surface area contributed by atoms with Crippen LogP contribution in [-0.2, 0) is 33.5 Å². The van der Waals surface area contributed by atoms with Crippen molar-refractivity contribution < 1.29 is 32.3 Å². The Bertz CT molecular complexity index is 1320. The lowest BCUT2D eigenvalue weighted by atomic mass is 10.1. The third-order valence-corrected chi connectivity index (χ3v) is 6.39. The van der Waals surface area contributed by atoms with Crippen molar-refractivity contribution in [3.05, 3.63) is 89.5 Å². The number of ether oxygens (including phenoxy) is 1. The zero-order chi connectivity index (χ0) is 28.0. The van der Waals surface area contributed by atoms with Crippen molar-refractivity contribution in [2.45, 2.75) is 32.5 Å². The summed E-state index contributed by atoms with van der Waals surface area (Å²) in [5.41, 5.74) is 1.94. The summed E-state index contributed by atoms with van der Waals surface area (Å²) in [5.74, 6) is -1.10. The first-order chi connectivity index (χ1) is 18.6. The molecule has 3 amide bonds. The van der Waals surface area contributed by atoms with Gasteiger partial charge in [0.25, 0.3) is 5.91 Å². The van der Waals surface area contributed by atoms with Gasteiger partial charge < -0.3 is 20.3 Å². The van der Waals surface area contributed by atoms with Gasteiger partial charge in [-0.1, -0.05) is 37.3 Å². The maximum atomic E-state index is 12.8. The largest absolute Gasteiger partial charge is 0.484 e. The number of benzene rings is 3. The second kappa shape index (κ2) is 12.0. The molecule has 1 atom stereocenters. The number of hydrogen-bond donors (Lipinski definition) is 2. The Morgan fingerprint density at radius 1 is 1.00 bits per heavy atom. The highest BCUT2D eigenvalue weighted by Gasteiger charge is 2.35. The van der Waals surface area contributed by atoms with E-state index in [2.05, 4.69) is 17.6 Å². The summed E-state index contributed by atoms with van der Waals surface area (Å²) in [6, 6.07) is 18.8. The number of hydrogen-bond acceptors (Lipinski definition) is 4. The van der Waals surface area contributed by atoms with Crippen LogP contribution < -0.4 is 20.3 Å². The van der Waals surface area contributed by atoms with E-state index < -0.39 is 30.2 Å². The standard InChI is InChI=1S/C29H28F3N3O4/c1-2-19-6-8-20(9-7-19)16-33-28(38)21-14-27(37)35(17-21)24-10-12-25(13-11-24)39-18-26(36)34-23-5-3-4-22(15-23)29(30,31)32/h3-13,15,21H,2,14,16-18H2,1H3,(H,33,38)(H,34,36)/t21-/m0/s1. The summed E-state index contributed by atoms with van der Waals surface area (Å²) in [4.78, 5) is 38.9. The van der Waals surface area contributed by atoms with Crippen molar-refractivity contribution in [3.8, 4) is 5.75 Å². The first-order valence-corrected chi connectivity index (χ1v) is 12.5. The molecule has 2 N–H and O–H groups in total. The SMILES string of the molecule is CCc1ccc(CNC(=O)[C@H]2CC(=O)N(c3ccc(OCC(=O)Nc4cccc(C(F)(F)F)c4)cc3)C2)cc1. The minimum Gasteiger partial charge on any atom is -0.484 e. The fourth-order valence-electron chi connectivity index (χ4n) is 4.20. The second-order valence-corrected chi connectivity index (χ2v) is 9.20. The molecule has 0 aliphatic carbocycles. The van der Waals surface area contributed by atoms with E-state index in [9.17, 15) is 27.6 Å².